The number of hydrogen-bond donors (Lipinski definition) is 0. The molecule has 2 aromatic carbocycles. The summed E-state index contributed by atoms with van der Waals surface area (Å²) < 4.78 is 1.01. The molecular weight excluding hydrogens is 304 g/mol. The molecule has 0 N–H and O–H groups in total. The van der Waals surface area contributed by atoms with Crippen LogP contribution in [0.4, 0.5) is 16.5 Å². The Kier molecular flexibility index (Phi) is 3.86. The van der Waals surface area contributed by atoms with Gasteiger partial charge in [-0.05, 0) is 42.5 Å². The molecule has 0 saturated carbocycles. The van der Waals surface area contributed by atoms with Crippen LogP contribution in [0.3, 0.4) is 0 Å². The molecule has 0 radical (unpaired) electrons. The molecule has 0 fully saturated rings. The number of rotatable bonds is 3. The van der Waals surface area contributed by atoms with Crippen molar-refractivity contribution in [2.75, 3.05) is 19.0 Å². The number of nitrogens with zero attached hydrogens (tertiary/aromatic N) is 4. The average Bonchev–Trinajstić information content (AvgIpc) is 2.87. The molecule has 3 aromatic rings. The number of halogens is 1. The van der Waals surface area contributed by atoms with Crippen LogP contribution in [0.2, 0.25) is 5.02 Å². The van der Waals surface area contributed by atoms with Gasteiger partial charge in [0.15, 0.2) is 0 Å². The van der Waals surface area contributed by atoms with Gasteiger partial charge in [-0.2, -0.15) is 0 Å². The van der Waals surface area contributed by atoms with Gasteiger partial charge in [0.25, 0.3) is 0 Å². The van der Waals surface area contributed by atoms with E-state index in [-0.39, 0.29) is 0 Å². The fraction of sp³-hybridized carbons (Fsp3) is 0.133. The largest absolute Gasteiger partial charge is 0.378 e. The lowest BCUT2D eigenvalue weighted by Crippen LogP contribution is -2.07. The second kappa shape index (κ2) is 5.79. The molecule has 1 heterocycles. The first kappa shape index (κ1) is 14.0. The van der Waals surface area contributed by atoms with Crippen LogP contribution in [0.1, 0.15) is 0 Å². The molecule has 0 bridgehead atoms. The van der Waals surface area contributed by atoms with E-state index in [0.717, 1.165) is 21.6 Å². The lowest BCUT2D eigenvalue weighted by atomic mass is 10.3. The number of hydrogen-bond acceptors (Lipinski definition) is 5. The number of thiazole rings is 1. The molecule has 0 spiro atoms. The predicted molar refractivity (Wildman–Crippen MR) is 89.6 cm³/mol. The fourth-order valence-electron chi connectivity index (χ4n) is 1.85. The van der Waals surface area contributed by atoms with Gasteiger partial charge < -0.3 is 4.90 Å². The highest BCUT2D eigenvalue weighted by Crippen LogP contribution is 2.31. The van der Waals surface area contributed by atoms with Crippen LogP contribution >= 0.6 is 22.9 Å². The maximum absolute atomic E-state index is 5.96. The zero-order valence-corrected chi connectivity index (χ0v) is 13.2. The number of benzene rings is 2. The van der Waals surface area contributed by atoms with Crippen LogP contribution in [-0.2, 0) is 0 Å². The van der Waals surface area contributed by atoms with E-state index >= 15 is 0 Å². The third-order valence-electron chi connectivity index (χ3n) is 2.96. The normalized spacial score (nSPS) is 11.4. The maximum atomic E-state index is 5.96. The van der Waals surface area contributed by atoms with Crippen LogP contribution in [0.5, 0.6) is 0 Å². The Balaban J connectivity index is 1.83. The van der Waals surface area contributed by atoms with Gasteiger partial charge in [0, 0.05) is 24.8 Å². The van der Waals surface area contributed by atoms with Gasteiger partial charge in [0.1, 0.15) is 0 Å². The van der Waals surface area contributed by atoms with Crippen LogP contribution in [0.15, 0.2) is 52.7 Å². The summed E-state index contributed by atoms with van der Waals surface area (Å²) in [7, 11) is 4.01. The first-order chi connectivity index (χ1) is 10.1. The number of fused-ring (bicyclic) bond motifs is 1. The molecule has 6 heteroatoms. The molecule has 0 aliphatic carbocycles. The number of aromatic nitrogens is 1. The van der Waals surface area contributed by atoms with E-state index in [1.807, 2.05) is 61.5 Å². The topological polar surface area (TPSA) is 40.9 Å². The lowest BCUT2D eigenvalue weighted by molar-refractivity contribution is 1.13. The summed E-state index contributed by atoms with van der Waals surface area (Å²) in [4.78, 5) is 6.45. The molecular formula is C15H13ClN4S. The molecule has 0 amide bonds. The first-order valence-corrected chi connectivity index (χ1v) is 7.56. The Morgan fingerprint density at radius 1 is 1.05 bits per heavy atom. The SMILES string of the molecule is CN(C)c1ccc(/N=N/c2nc3ccc(Cl)cc3s2)cc1. The molecule has 0 aliphatic rings. The Bertz CT molecular complexity index is 793. The summed E-state index contributed by atoms with van der Waals surface area (Å²) in [6, 6.07) is 13.5. The van der Waals surface area contributed by atoms with Crippen molar-refractivity contribution in [3.8, 4) is 0 Å². The van der Waals surface area contributed by atoms with Crippen molar-refractivity contribution in [1.29, 1.82) is 0 Å². The second-order valence-corrected chi connectivity index (χ2v) is 6.16. The molecule has 21 heavy (non-hydrogen) atoms. The van der Waals surface area contributed by atoms with Crippen molar-refractivity contribution in [1.82, 2.24) is 4.98 Å². The van der Waals surface area contributed by atoms with Gasteiger partial charge in [0.05, 0.1) is 15.9 Å². The lowest BCUT2D eigenvalue weighted by Gasteiger charge is -2.11. The summed E-state index contributed by atoms with van der Waals surface area (Å²) in [5.41, 5.74) is 2.82. The fourth-order valence-corrected chi connectivity index (χ4v) is 2.91. The standard InChI is InChI=1S/C15H13ClN4S/c1-20(2)12-6-4-11(5-7-12)18-19-15-17-13-8-3-10(16)9-14(13)21-15/h3-9H,1-2H3/b19-18+. The first-order valence-electron chi connectivity index (χ1n) is 6.37. The van der Waals surface area contributed by atoms with E-state index in [2.05, 4.69) is 15.2 Å². The molecule has 1 aromatic heterocycles. The molecule has 0 saturated heterocycles. The highest BCUT2D eigenvalue weighted by atomic mass is 35.5. The van der Waals surface area contributed by atoms with Crippen LogP contribution in [0.25, 0.3) is 10.2 Å². The summed E-state index contributed by atoms with van der Waals surface area (Å²) in [6.45, 7) is 0. The summed E-state index contributed by atoms with van der Waals surface area (Å²) >= 11 is 7.44. The zero-order valence-electron chi connectivity index (χ0n) is 11.6. The highest BCUT2D eigenvalue weighted by molar-refractivity contribution is 7.21. The van der Waals surface area contributed by atoms with Crippen LogP contribution in [-0.4, -0.2) is 19.1 Å². The molecule has 4 nitrogen and oxygen atoms in total. The third kappa shape index (κ3) is 3.20. The van der Waals surface area contributed by atoms with E-state index in [1.165, 1.54) is 11.3 Å². The van der Waals surface area contributed by atoms with E-state index in [4.69, 9.17) is 11.6 Å². The Labute approximate surface area is 131 Å². The van der Waals surface area contributed by atoms with Crippen molar-refractivity contribution >= 4 is 49.7 Å². The average molecular weight is 317 g/mol. The van der Waals surface area contributed by atoms with Gasteiger partial charge in [-0.1, -0.05) is 22.9 Å². The highest BCUT2D eigenvalue weighted by Gasteiger charge is 2.03. The Hall–Kier alpha value is -1.98. The molecule has 0 atom stereocenters. The summed E-state index contributed by atoms with van der Waals surface area (Å²) in [6.07, 6.45) is 0. The van der Waals surface area contributed by atoms with Crippen molar-refractivity contribution in [3.63, 3.8) is 0 Å². The van der Waals surface area contributed by atoms with E-state index < -0.39 is 0 Å². The minimum absolute atomic E-state index is 0.629. The Morgan fingerprint density at radius 2 is 1.81 bits per heavy atom. The minimum atomic E-state index is 0.629. The Morgan fingerprint density at radius 3 is 2.52 bits per heavy atom. The summed E-state index contributed by atoms with van der Waals surface area (Å²) in [5.74, 6) is 0. The molecule has 0 unspecified atom stereocenters. The van der Waals surface area contributed by atoms with E-state index in [1.54, 1.807) is 0 Å². The van der Waals surface area contributed by atoms with Crippen molar-refractivity contribution in [3.05, 3.63) is 47.5 Å². The number of azo groups is 1. The van der Waals surface area contributed by atoms with Crippen LogP contribution in [0, 0.1) is 0 Å². The third-order valence-corrected chi connectivity index (χ3v) is 4.09. The van der Waals surface area contributed by atoms with Crippen molar-refractivity contribution in [2.24, 2.45) is 10.2 Å². The van der Waals surface area contributed by atoms with E-state index in [0.29, 0.717) is 10.2 Å². The van der Waals surface area contributed by atoms with Crippen molar-refractivity contribution in [2.45, 2.75) is 0 Å². The van der Waals surface area contributed by atoms with Gasteiger partial charge in [-0.25, -0.2) is 4.98 Å². The van der Waals surface area contributed by atoms with Crippen molar-refractivity contribution < 1.29 is 0 Å². The maximum Gasteiger partial charge on any atom is 0.231 e. The van der Waals surface area contributed by atoms with Gasteiger partial charge in [-0.3, -0.25) is 0 Å². The molecule has 106 valence electrons. The molecule has 3 rings (SSSR count). The van der Waals surface area contributed by atoms with E-state index in [9.17, 15) is 0 Å². The zero-order chi connectivity index (χ0) is 14.8. The quantitative estimate of drug-likeness (QED) is 0.604. The smallest absolute Gasteiger partial charge is 0.231 e. The van der Waals surface area contributed by atoms with Gasteiger partial charge in [-0.15, -0.1) is 10.2 Å². The second-order valence-electron chi connectivity index (χ2n) is 4.72. The molecule has 0 aliphatic heterocycles. The van der Waals surface area contributed by atoms with Gasteiger partial charge in [0.2, 0.25) is 5.13 Å². The number of anilines is 1. The van der Waals surface area contributed by atoms with Gasteiger partial charge >= 0.3 is 0 Å². The predicted octanol–water partition coefficient (Wildman–Crippen LogP) is 5.43. The summed E-state index contributed by atoms with van der Waals surface area (Å²) in [5, 5.41) is 9.74. The minimum Gasteiger partial charge on any atom is -0.378 e. The monoisotopic (exact) mass is 316 g/mol. The van der Waals surface area contributed by atoms with Crippen LogP contribution < -0.4 is 4.90 Å².